The molecule has 4 aromatic rings. The van der Waals surface area contributed by atoms with Crippen molar-refractivity contribution in [1.82, 2.24) is 24.4 Å². The molecule has 11 heteroatoms. The molecule has 194 valence electrons. The minimum atomic E-state index is -0.937. The number of carboxylic acid groups (broad SMARTS) is 1. The van der Waals surface area contributed by atoms with Crippen LogP contribution in [0, 0.1) is 0 Å². The summed E-state index contributed by atoms with van der Waals surface area (Å²) in [4.78, 5) is 28.5. The van der Waals surface area contributed by atoms with E-state index in [1.165, 1.54) is 11.3 Å². The van der Waals surface area contributed by atoms with Crippen molar-refractivity contribution in [3.05, 3.63) is 69.0 Å². The summed E-state index contributed by atoms with van der Waals surface area (Å²) >= 11 is 7.30. The molecule has 0 radical (unpaired) electrons. The lowest BCUT2D eigenvalue weighted by molar-refractivity contribution is 0.0696. The maximum absolute atomic E-state index is 11.8. The summed E-state index contributed by atoms with van der Waals surface area (Å²) in [5.74, 6) is 0.00521. The third kappa shape index (κ3) is 6.10. The van der Waals surface area contributed by atoms with Crippen LogP contribution >= 0.6 is 22.9 Å². The third-order valence-electron chi connectivity index (χ3n) is 6.62. The van der Waals surface area contributed by atoms with Crippen molar-refractivity contribution in [3.63, 3.8) is 0 Å². The SMILES string of the molecule is COCCn1cnc2c(CN3CCC(c4cccc(OCc5cnc(Cl)s5)n4)CC3)cc(C(=O)O)cc21. The molecule has 1 N–H and O–H groups in total. The number of aromatic carboxylic acids is 1. The number of hydrogen-bond acceptors (Lipinski definition) is 8. The second-order valence-electron chi connectivity index (χ2n) is 9.06. The molecule has 0 spiro atoms. The quantitative estimate of drug-likeness (QED) is 0.304. The van der Waals surface area contributed by atoms with Crippen LogP contribution in [0.4, 0.5) is 0 Å². The highest BCUT2D eigenvalue weighted by molar-refractivity contribution is 7.15. The van der Waals surface area contributed by atoms with Gasteiger partial charge in [-0.1, -0.05) is 17.7 Å². The molecule has 1 saturated heterocycles. The predicted octanol–water partition coefficient (Wildman–Crippen LogP) is 4.84. The van der Waals surface area contributed by atoms with Crippen LogP contribution in [-0.4, -0.2) is 62.3 Å². The number of likely N-dealkylation sites (tertiary alicyclic amines) is 1. The van der Waals surface area contributed by atoms with Crippen LogP contribution < -0.4 is 4.74 Å². The number of benzene rings is 1. The van der Waals surface area contributed by atoms with Gasteiger partial charge in [0.2, 0.25) is 5.88 Å². The van der Waals surface area contributed by atoms with E-state index in [0.717, 1.165) is 53.1 Å². The Kier molecular flexibility index (Phi) is 7.99. The smallest absolute Gasteiger partial charge is 0.335 e. The number of fused-ring (bicyclic) bond motifs is 1. The van der Waals surface area contributed by atoms with Gasteiger partial charge >= 0.3 is 5.97 Å². The number of methoxy groups -OCH3 is 1. The van der Waals surface area contributed by atoms with Gasteiger partial charge < -0.3 is 19.1 Å². The van der Waals surface area contributed by atoms with Gasteiger partial charge in [0.05, 0.1) is 34.4 Å². The van der Waals surface area contributed by atoms with Gasteiger partial charge in [-0.2, -0.15) is 0 Å². The number of imidazole rings is 1. The Balaban J connectivity index is 1.24. The third-order valence-corrected chi connectivity index (χ3v) is 7.71. The molecule has 5 rings (SSSR count). The number of carboxylic acids is 1. The van der Waals surface area contributed by atoms with E-state index in [-0.39, 0.29) is 5.56 Å². The first-order valence-corrected chi connectivity index (χ1v) is 13.3. The zero-order chi connectivity index (χ0) is 25.8. The van der Waals surface area contributed by atoms with Gasteiger partial charge in [0.15, 0.2) is 4.47 Å². The van der Waals surface area contributed by atoms with Gasteiger partial charge in [0, 0.05) is 44.1 Å². The number of ether oxygens (including phenoxy) is 2. The summed E-state index contributed by atoms with van der Waals surface area (Å²) in [6.07, 6.45) is 5.40. The van der Waals surface area contributed by atoms with Crippen LogP contribution in [0.1, 0.15) is 45.3 Å². The molecule has 37 heavy (non-hydrogen) atoms. The van der Waals surface area contributed by atoms with E-state index in [0.29, 0.717) is 42.6 Å². The number of halogens is 1. The Morgan fingerprint density at radius 3 is 2.81 bits per heavy atom. The van der Waals surface area contributed by atoms with E-state index in [1.807, 2.05) is 16.7 Å². The first-order chi connectivity index (χ1) is 18.0. The highest BCUT2D eigenvalue weighted by Crippen LogP contribution is 2.30. The molecule has 0 atom stereocenters. The first kappa shape index (κ1) is 25.6. The number of piperidine rings is 1. The average Bonchev–Trinajstić information content (AvgIpc) is 3.52. The van der Waals surface area contributed by atoms with Crippen LogP contribution in [0.2, 0.25) is 4.47 Å². The summed E-state index contributed by atoms with van der Waals surface area (Å²) in [5.41, 5.74) is 3.91. The van der Waals surface area contributed by atoms with Crippen molar-refractivity contribution in [1.29, 1.82) is 0 Å². The van der Waals surface area contributed by atoms with Gasteiger partial charge in [0.1, 0.15) is 6.61 Å². The minimum absolute atomic E-state index is 0.276. The van der Waals surface area contributed by atoms with Crippen LogP contribution in [0.3, 0.4) is 0 Å². The summed E-state index contributed by atoms with van der Waals surface area (Å²) in [6.45, 7) is 3.98. The zero-order valence-electron chi connectivity index (χ0n) is 20.5. The maximum atomic E-state index is 11.8. The molecule has 1 aliphatic rings. The van der Waals surface area contributed by atoms with Crippen LogP contribution in [-0.2, 0) is 24.4 Å². The zero-order valence-corrected chi connectivity index (χ0v) is 22.0. The molecular formula is C26H28ClN5O4S. The average molecular weight is 542 g/mol. The Morgan fingerprint density at radius 1 is 1.24 bits per heavy atom. The van der Waals surface area contributed by atoms with Gasteiger partial charge in [-0.3, -0.25) is 4.90 Å². The molecular weight excluding hydrogens is 514 g/mol. The molecule has 0 aliphatic carbocycles. The summed E-state index contributed by atoms with van der Waals surface area (Å²) < 4.78 is 13.5. The maximum Gasteiger partial charge on any atom is 0.335 e. The van der Waals surface area contributed by atoms with E-state index in [4.69, 9.17) is 26.1 Å². The number of thiazole rings is 1. The highest BCUT2D eigenvalue weighted by Gasteiger charge is 2.23. The van der Waals surface area contributed by atoms with E-state index in [2.05, 4.69) is 20.9 Å². The Bertz CT molecular complexity index is 1380. The van der Waals surface area contributed by atoms with Gasteiger partial charge in [-0.05, 0) is 49.7 Å². The number of carbonyl (C=O) groups is 1. The summed E-state index contributed by atoms with van der Waals surface area (Å²) in [5, 5.41) is 9.67. The second-order valence-corrected chi connectivity index (χ2v) is 10.8. The van der Waals surface area contributed by atoms with E-state index >= 15 is 0 Å². The highest BCUT2D eigenvalue weighted by atomic mass is 35.5. The number of nitrogens with zero attached hydrogens (tertiary/aromatic N) is 5. The van der Waals surface area contributed by atoms with Crippen LogP contribution in [0.25, 0.3) is 11.0 Å². The van der Waals surface area contributed by atoms with Crippen molar-refractivity contribution < 1.29 is 19.4 Å². The molecule has 0 bridgehead atoms. The predicted molar refractivity (Wildman–Crippen MR) is 142 cm³/mol. The lowest BCUT2D eigenvalue weighted by Crippen LogP contribution is -2.32. The Hall–Kier alpha value is -3.05. The van der Waals surface area contributed by atoms with Crippen molar-refractivity contribution >= 4 is 39.9 Å². The van der Waals surface area contributed by atoms with Crippen LogP contribution in [0.5, 0.6) is 5.88 Å². The van der Waals surface area contributed by atoms with Crippen LogP contribution in [0.15, 0.2) is 42.9 Å². The molecule has 1 aliphatic heterocycles. The Labute approximate surface area is 223 Å². The fraction of sp³-hybridized carbons (Fsp3) is 0.385. The standard InChI is InChI=1S/C26H28ClN5O4S/c1-35-10-9-32-16-29-24-19(11-18(25(33)34)12-22(24)32)14-31-7-5-17(6-8-31)21-3-2-4-23(30-21)36-15-20-13-28-26(27)37-20/h2-4,11-13,16-17H,5-10,14-15H2,1H3,(H,33,34). The molecule has 0 unspecified atom stereocenters. The molecule has 1 aromatic carbocycles. The van der Waals surface area contributed by atoms with Crippen molar-refractivity contribution in [2.24, 2.45) is 0 Å². The summed E-state index contributed by atoms with van der Waals surface area (Å²) in [6, 6.07) is 9.36. The minimum Gasteiger partial charge on any atom is -0.478 e. The number of rotatable bonds is 10. The molecule has 4 heterocycles. The summed E-state index contributed by atoms with van der Waals surface area (Å²) in [7, 11) is 1.65. The second kappa shape index (κ2) is 11.6. The number of aromatic nitrogens is 4. The van der Waals surface area contributed by atoms with E-state index in [9.17, 15) is 9.90 Å². The first-order valence-electron chi connectivity index (χ1n) is 12.1. The Morgan fingerprint density at radius 2 is 2.08 bits per heavy atom. The topological polar surface area (TPSA) is 103 Å². The van der Waals surface area contributed by atoms with Crippen molar-refractivity contribution in [3.8, 4) is 5.88 Å². The van der Waals surface area contributed by atoms with Crippen molar-refractivity contribution in [2.75, 3.05) is 26.8 Å². The molecule has 0 amide bonds. The largest absolute Gasteiger partial charge is 0.478 e. The molecule has 3 aromatic heterocycles. The van der Waals surface area contributed by atoms with E-state index < -0.39 is 5.97 Å². The molecule has 1 fully saturated rings. The lowest BCUT2D eigenvalue weighted by atomic mass is 9.92. The van der Waals surface area contributed by atoms with Crippen molar-refractivity contribution in [2.45, 2.75) is 38.5 Å². The normalized spacial score (nSPS) is 14.9. The fourth-order valence-electron chi connectivity index (χ4n) is 4.71. The lowest BCUT2D eigenvalue weighted by Gasteiger charge is -2.32. The van der Waals surface area contributed by atoms with Gasteiger partial charge in [-0.25, -0.2) is 19.7 Å². The van der Waals surface area contributed by atoms with E-state index in [1.54, 1.807) is 31.8 Å². The number of hydrogen-bond donors (Lipinski definition) is 1. The number of pyridine rings is 1. The van der Waals surface area contributed by atoms with Gasteiger partial charge in [-0.15, -0.1) is 11.3 Å². The monoisotopic (exact) mass is 541 g/mol. The molecule has 9 nitrogen and oxygen atoms in total. The van der Waals surface area contributed by atoms with Gasteiger partial charge in [0.25, 0.3) is 0 Å². The fourth-order valence-corrected chi connectivity index (χ4v) is 5.60. The molecule has 0 saturated carbocycles.